The van der Waals surface area contributed by atoms with Crippen LogP contribution in [0.25, 0.3) is 9.88 Å². The number of hydrogen-bond acceptors (Lipinski definition) is 6. The predicted octanol–water partition coefficient (Wildman–Crippen LogP) is 4.02. The van der Waals surface area contributed by atoms with Gasteiger partial charge < -0.3 is 14.8 Å². The molecule has 0 aliphatic carbocycles. The summed E-state index contributed by atoms with van der Waals surface area (Å²) in [6, 6.07) is 11.5. The summed E-state index contributed by atoms with van der Waals surface area (Å²) in [5.41, 5.74) is 0.943. The van der Waals surface area contributed by atoms with Gasteiger partial charge >= 0.3 is 0 Å². The topological polar surface area (TPSA) is 60.5 Å². The lowest BCUT2D eigenvalue weighted by molar-refractivity contribution is -0.133. The van der Waals surface area contributed by atoms with E-state index in [9.17, 15) is 4.79 Å². The molecule has 0 saturated heterocycles. The minimum Gasteiger partial charge on any atom is -0.482 e. The molecule has 0 bridgehead atoms. The van der Waals surface area contributed by atoms with E-state index < -0.39 is 6.10 Å². The highest BCUT2D eigenvalue weighted by molar-refractivity contribution is 7.21. The summed E-state index contributed by atoms with van der Waals surface area (Å²) >= 11 is 3.27. The number of nitrogens with one attached hydrogen (secondary N) is 1. The van der Waals surface area contributed by atoms with Gasteiger partial charge in [0.2, 0.25) is 6.10 Å². The molecular formula is C19H18N2O3S2. The number of ether oxygens (including phenoxy) is 2. The quantitative estimate of drug-likeness (QED) is 0.736. The Hall–Kier alpha value is -2.38. The van der Waals surface area contributed by atoms with Crippen LogP contribution in [-0.2, 0) is 11.3 Å². The molecule has 1 aromatic carbocycles. The summed E-state index contributed by atoms with van der Waals surface area (Å²) in [7, 11) is 0. The number of rotatable bonds is 4. The maximum Gasteiger partial charge on any atom is 0.265 e. The number of hydrogen-bond donors (Lipinski definition) is 1. The number of carbonyl (C=O) groups is 1. The largest absolute Gasteiger partial charge is 0.482 e. The fraction of sp³-hybridized carbons (Fsp3) is 0.263. The van der Waals surface area contributed by atoms with Gasteiger partial charge in [0.15, 0.2) is 11.5 Å². The van der Waals surface area contributed by atoms with Crippen molar-refractivity contribution in [2.24, 2.45) is 0 Å². The van der Waals surface area contributed by atoms with Gasteiger partial charge in [-0.3, -0.25) is 4.79 Å². The van der Waals surface area contributed by atoms with Crippen molar-refractivity contribution >= 4 is 28.6 Å². The maximum absolute atomic E-state index is 12.6. The van der Waals surface area contributed by atoms with Crippen LogP contribution in [-0.4, -0.2) is 23.1 Å². The summed E-state index contributed by atoms with van der Waals surface area (Å²) in [6.07, 6.45) is -1.02. The van der Waals surface area contributed by atoms with Crippen molar-refractivity contribution in [1.29, 1.82) is 0 Å². The molecular weight excluding hydrogens is 368 g/mol. The zero-order chi connectivity index (χ0) is 18.1. The summed E-state index contributed by atoms with van der Waals surface area (Å²) in [6.45, 7) is 4.24. The SMILES string of the molecule is Cc1nc(-c2cccs2)sc1CNC(=O)[C@H]1Oc2ccccc2O[C@@H]1C. The number of amides is 1. The van der Waals surface area contributed by atoms with Crippen LogP contribution in [0.5, 0.6) is 11.5 Å². The number of carbonyl (C=O) groups excluding carboxylic acids is 1. The molecule has 1 aliphatic heterocycles. The zero-order valence-electron chi connectivity index (χ0n) is 14.4. The lowest BCUT2D eigenvalue weighted by Gasteiger charge is -2.30. The van der Waals surface area contributed by atoms with E-state index in [0.717, 1.165) is 20.5 Å². The third-order valence-electron chi connectivity index (χ3n) is 4.15. The molecule has 1 amide bonds. The van der Waals surface area contributed by atoms with Crippen LogP contribution in [0, 0.1) is 6.92 Å². The smallest absolute Gasteiger partial charge is 0.265 e. The van der Waals surface area contributed by atoms with Crippen LogP contribution in [0.3, 0.4) is 0 Å². The van der Waals surface area contributed by atoms with Crippen LogP contribution in [0.2, 0.25) is 0 Å². The van der Waals surface area contributed by atoms with Crippen LogP contribution in [0.15, 0.2) is 41.8 Å². The van der Waals surface area contributed by atoms with Gasteiger partial charge in [-0.15, -0.1) is 22.7 Å². The van der Waals surface area contributed by atoms with Gasteiger partial charge in [-0.05, 0) is 37.4 Å². The fourth-order valence-electron chi connectivity index (χ4n) is 2.77. The van der Waals surface area contributed by atoms with Crippen molar-refractivity contribution in [3.05, 3.63) is 52.3 Å². The maximum atomic E-state index is 12.6. The molecule has 0 saturated carbocycles. The number of fused-ring (bicyclic) bond motifs is 1. The van der Waals surface area contributed by atoms with Gasteiger partial charge in [0.1, 0.15) is 11.1 Å². The molecule has 0 radical (unpaired) electrons. The summed E-state index contributed by atoms with van der Waals surface area (Å²) in [5.74, 6) is 1.08. The Morgan fingerprint density at radius 3 is 2.69 bits per heavy atom. The second-order valence-corrected chi connectivity index (χ2v) is 8.06. The van der Waals surface area contributed by atoms with Gasteiger partial charge in [-0.2, -0.15) is 0 Å². The van der Waals surface area contributed by atoms with Crippen molar-refractivity contribution in [3.63, 3.8) is 0 Å². The zero-order valence-corrected chi connectivity index (χ0v) is 16.0. The normalized spacial score (nSPS) is 18.5. The highest BCUT2D eigenvalue weighted by Gasteiger charge is 2.34. The van der Waals surface area contributed by atoms with Gasteiger partial charge in [0.25, 0.3) is 5.91 Å². The Kier molecular flexibility index (Phi) is 4.65. The van der Waals surface area contributed by atoms with E-state index in [0.29, 0.717) is 18.0 Å². The van der Waals surface area contributed by atoms with Crippen LogP contribution in [0.1, 0.15) is 17.5 Å². The van der Waals surface area contributed by atoms with E-state index >= 15 is 0 Å². The summed E-state index contributed by atoms with van der Waals surface area (Å²) < 4.78 is 11.6. The monoisotopic (exact) mass is 386 g/mol. The first-order valence-electron chi connectivity index (χ1n) is 8.32. The molecule has 2 aromatic heterocycles. The van der Waals surface area contributed by atoms with Gasteiger partial charge in [-0.25, -0.2) is 4.98 Å². The van der Waals surface area contributed by atoms with Crippen LogP contribution >= 0.6 is 22.7 Å². The molecule has 5 nitrogen and oxygen atoms in total. The average molecular weight is 386 g/mol. The van der Waals surface area contributed by atoms with E-state index in [-0.39, 0.29) is 12.0 Å². The van der Waals surface area contributed by atoms with E-state index in [4.69, 9.17) is 9.47 Å². The number of thiophene rings is 1. The summed E-state index contributed by atoms with van der Waals surface area (Å²) in [5, 5.41) is 5.98. The number of benzene rings is 1. The van der Waals surface area contributed by atoms with Crippen molar-refractivity contribution in [1.82, 2.24) is 10.3 Å². The Morgan fingerprint density at radius 2 is 1.96 bits per heavy atom. The first-order chi connectivity index (χ1) is 12.6. The molecule has 3 heterocycles. The molecule has 3 aromatic rings. The van der Waals surface area contributed by atoms with Gasteiger partial charge in [0.05, 0.1) is 17.1 Å². The number of thiazole rings is 1. The molecule has 4 rings (SSSR count). The van der Waals surface area contributed by atoms with Crippen LogP contribution < -0.4 is 14.8 Å². The predicted molar refractivity (Wildman–Crippen MR) is 103 cm³/mol. The van der Waals surface area contributed by atoms with E-state index in [1.54, 1.807) is 22.7 Å². The number of aryl methyl sites for hydroxylation is 1. The number of nitrogens with zero attached hydrogens (tertiary/aromatic N) is 1. The minimum absolute atomic E-state index is 0.183. The Bertz CT molecular complexity index is 921. The third kappa shape index (κ3) is 3.32. The van der Waals surface area contributed by atoms with E-state index in [1.165, 1.54) is 0 Å². The Morgan fingerprint density at radius 1 is 1.19 bits per heavy atom. The van der Waals surface area contributed by atoms with Crippen LogP contribution in [0.4, 0.5) is 0 Å². The second-order valence-electron chi connectivity index (χ2n) is 6.03. The lowest BCUT2D eigenvalue weighted by Crippen LogP contribution is -2.48. The van der Waals surface area contributed by atoms with Crippen molar-refractivity contribution in [2.75, 3.05) is 0 Å². The molecule has 7 heteroatoms. The van der Waals surface area contributed by atoms with Crippen molar-refractivity contribution in [2.45, 2.75) is 32.6 Å². The Balaban J connectivity index is 1.43. The first kappa shape index (κ1) is 17.1. The molecule has 0 fully saturated rings. The molecule has 2 atom stereocenters. The highest BCUT2D eigenvalue weighted by Crippen LogP contribution is 2.34. The van der Waals surface area contributed by atoms with Gasteiger partial charge in [0, 0.05) is 4.88 Å². The molecule has 0 unspecified atom stereocenters. The van der Waals surface area contributed by atoms with E-state index in [2.05, 4.69) is 16.4 Å². The second kappa shape index (κ2) is 7.09. The third-order valence-corrected chi connectivity index (χ3v) is 6.35. The fourth-order valence-corrected chi connectivity index (χ4v) is 4.57. The van der Waals surface area contributed by atoms with Crippen molar-refractivity contribution in [3.8, 4) is 21.4 Å². The number of para-hydroxylation sites is 2. The molecule has 1 N–H and O–H groups in total. The lowest BCUT2D eigenvalue weighted by atomic mass is 10.1. The van der Waals surface area contributed by atoms with E-state index in [1.807, 2.05) is 49.6 Å². The van der Waals surface area contributed by atoms with Crippen molar-refractivity contribution < 1.29 is 14.3 Å². The first-order valence-corrected chi connectivity index (χ1v) is 10.0. The molecule has 134 valence electrons. The minimum atomic E-state index is -0.671. The highest BCUT2D eigenvalue weighted by atomic mass is 32.1. The van der Waals surface area contributed by atoms with Gasteiger partial charge in [-0.1, -0.05) is 18.2 Å². The Labute approximate surface area is 159 Å². The molecule has 26 heavy (non-hydrogen) atoms. The molecule has 0 spiro atoms. The number of aromatic nitrogens is 1. The summed E-state index contributed by atoms with van der Waals surface area (Å²) in [4.78, 5) is 19.4. The molecule has 1 aliphatic rings. The average Bonchev–Trinajstić information content (AvgIpc) is 3.29. The standard InChI is InChI=1S/C19H18N2O3S2/c1-11-16(26-19(21-11)15-8-5-9-25-15)10-20-18(22)17-12(2)23-13-6-3-4-7-14(13)24-17/h3-9,12,17H,10H2,1-2H3,(H,20,22)/t12-,17+/m1/s1.